The Morgan fingerprint density at radius 3 is 1.10 bits per heavy atom. The molecule has 2 atom stereocenters. The second kappa shape index (κ2) is 39.1. The van der Waals surface area contributed by atoms with Crippen LogP contribution in [0.2, 0.25) is 0 Å². The van der Waals surface area contributed by atoms with Crippen LogP contribution in [0.25, 0.3) is 0 Å². The fourth-order valence-corrected chi connectivity index (χ4v) is 6.72. The summed E-state index contributed by atoms with van der Waals surface area (Å²) in [6, 6.07) is 0. The van der Waals surface area contributed by atoms with E-state index in [-0.39, 0.29) is 31.1 Å². The highest BCUT2D eigenvalue weighted by molar-refractivity contribution is 5.71. The summed E-state index contributed by atoms with van der Waals surface area (Å²) in [5.74, 6) is 0.780. The Morgan fingerprint density at radius 2 is 0.731 bits per heavy atom. The molecule has 0 aromatic heterocycles. The highest BCUT2D eigenvalue weighted by atomic mass is 16.6. The third-order valence-electron chi connectivity index (χ3n) is 10.6. The van der Waals surface area contributed by atoms with Crippen molar-refractivity contribution in [3.8, 4) is 0 Å². The van der Waals surface area contributed by atoms with E-state index in [9.17, 15) is 14.4 Å². The zero-order chi connectivity index (χ0) is 38.3. The van der Waals surface area contributed by atoms with Gasteiger partial charge in [0.15, 0.2) is 6.10 Å². The van der Waals surface area contributed by atoms with Gasteiger partial charge in [0.25, 0.3) is 0 Å². The molecule has 52 heavy (non-hydrogen) atoms. The summed E-state index contributed by atoms with van der Waals surface area (Å²) >= 11 is 0. The van der Waals surface area contributed by atoms with Crippen LogP contribution in [-0.2, 0) is 28.6 Å². The Balaban J connectivity index is 4.32. The number of rotatable bonds is 40. The first-order valence-electron chi connectivity index (χ1n) is 22.8. The molecule has 0 aromatic rings. The number of carbonyl (C=O) groups excluding carboxylic acids is 3. The zero-order valence-corrected chi connectivity index (χ0v) is 35.4. The van der Waals surface area contributed by atoms with Gasteiger partial charge in [0.1, 0.15) is 13.2 Å². The number of unbranched alkanes of at least 4 members (excludes halogenated alkanes) is 24. The maximum atomic E-state index is 12.7. The van der Waals surface area contributed by atoms with Crippen molar-refractivity contribution in [2.45, 2.75) is 253 Å². The normalized spacial score (nSPS) is 12.6. The van der Waals surface area contributed by atoms with E-state index < -0.39 is 6.10 Å². The van der Waals surface area contributed by atoms with Crippen LogP contribution < -0.4 is 0 Å². The summed E-state index contributed by atoms with van der Waals surface area (Å²) in [7, 11) is 0. The fourth-order valence-electron chi connectivity index (χ4n) is 6.72. The molecule has 0 heterocycles. The predicted octanol–water partition coefficient (Wildman–Crippen LogP) is 14.2. The van der Waals surface area contributed by atoms with Gasteiger partial charge >= 0.3 is 17.9 Å². The molecule has 0 aromatic carbocycles. The van der Waals surface area contributed by atoms with Crippen LogP contribution in [0.3, 0.4) is 0 Å². The Hall–Kier alpha value is -1.59. The largest absolute Gasteiger partial charge is 0.462 e. The Kier molecular flexibility index (Phi) is 37.9. The van der Waals surface area contributed by atoms with Gasteiger partial charge in [-0.05, 0) is 31.1 Å². The SMILES string of the molecule is CCCCCCCCCCCCC(=O)O[C@H](COC(=O)CCCCCCCCCCCCCC(C)C)COC(=O)CCCCCCCCC(C)CC. The second-order valence-electron chi connectivity index (χ2n) is 16.4. The van der Waals surface area contributed by atoms with Crippen LogP contribution in [0.1, 0.15) is 247 Å². The lowest BCUT2D eigenvalue weighted by Gasteiger charge is -2.18. The van der Waals surface area contributed by atoms with E-state index in [1.54, 1.807) is 0 Å². The third kappa shape index (κ3) is 38.1. The van der Waals surface area contributed by atoms with Crippen LogP contribution in [-0.4, -0.2) is 37.2 Å². The lowest BCUT2D eigenvalue weighted by Crippen LogP contribution is -2.30. The Labute approximate surface area is 323 Å². The van der Waals surface area contributed by atoms with Crippen molar-refractivity contribution < 1.29 is 28.6 Å². The molecule has 0 aliphatic rings. The van der Waals surface area contributed by atoms with Crippen molar-refractivity contribution in [1.29, 1.82) is 0 Å². The molecular formula is C46H88O6. The predicted molar refractivity (Wildman–Crippen MR) is 220 cm³/mol. The number of ether oxygens (including phenoxy) is 3. The summed E-state index contributed by atoms with van der Waals surface area (Å²) in [5, 5.41) is 0. The van der Waals surface area contributed by atoms with Gasteiger partial charge in [-0.2, -0.15) is 0 Å². The average Bonchev–Trinajstić information content (AvgIpc) is 3.12. The van der Waals surface area contributed by atoms with E-state index in [0.29, 0.717) is 19.3 Å². The molecule has 0 N–H and O–H groups in total. The van der Waals surface area contributed by atoms with E-state index in [4.69, 9.17) is 14.2 Å². The van der Waals surface area contributed by atoms with Gasteiger partial charge < -0.3 is 14.2 Å². The van der Waals surface area contributed by atoms with Crippen LogP contribution in [0.5, 0.6) is 0 Å². The number of esters is 3. The topological polar surface area (TPSA) is 78.9 Å². The minimum Gasteiger partial charge on any atom is -0.462 e. The monoisotopic (exact) mass is 737 g/mol. The van der Waals surface area contributed by atoms with Crippen molar-refractivity contribution in [2.24, 2.45) is 11.8 Å². The lowest BCUT2D eigenvalue weighted by atomic mass is 10.00. The van der Waals surface area contributed by atoms with Gasteiger partial charge in [-0.15, -0.1) is 0 Å². The van der Waals surface area contributed by atoms with E-state index in [2.05, 4.69) is 34.6 Å². The van der Waals surface area contributed by atoms with E-state index in [1.807, 2.05) is 0 Å². The summed E-state index contributed by atoms with van der Waals surface area (Å²) in [6.45, 7) is 11.3. The first kappa shape index (κ1) is 50.4. The molecule has 0 saturated heterocycles. The summed E-state index contributed by atoms with van der Waals surface area (Å²) in [6.07, 6.45) is 36.6. The molecule has 6 heteroatoms. The molecule has 0 rings (SSSR count). The molecular weight excluding hydrogens is 649 g/mol. The Bertz CT molecular complexity index is 796. The van der Waals surface area contributed by atoms with Crippen molar-refractivity contribution in [1.82, 2.24) is 0 Å². The fraction of sp³-hybridized carbons (Fsp3) is 0.935. The molecule has 308 valence electrons. The number of hydrogen-bond acceptors (Lipinski definition) is 6. The standard InChI is InChI=1S/C46H88O6/c1-6-8-9-10-11-12-17-21-28-33-38-46(49)52-43(40-51-45(48)37-32-27-23-22-25-30-35-42(5)7-2)39-50-44(47)36-31-26-20-18-15-13-14-16-19-24-29-34-41(3)4/h41-43H,6-40H2,1-5H3/t42?,43-/m1/s1. The lowest BCUT2D eigenvalue weighted by molar-refractivity contribution is -0.167. The molecule has 0 fully saturated rings. The zero-order valence-electron chi connectivity index (χ0n) is 35.4. The second-order valence-corrected chi connectivity index (χ2v) is 16.4. The van der Waals surface area contributed by atoms with Crippen LogP contribution >= 0.6 is 0 Å². The van der Waals surface area contributed by atoms with Crippen LogP contribution in [0.4, 0.5) is 0 Å². The first-order chi connectivity index (χ1) is 25.3. The van der Waals surface area contributed by atoms with Crippen molar-refractivity contribution in [3.05, 3.63) is 0 Å². The third-order valence-corrected chi connectivity index (χ3v) is 10.6. The van der Waals surface area contributed by atoms with Crippen molar-refractivity contribution >= 4 is 17.9 Å². The molecule has 0 bridgehead atoms. The minimum absolute atomic E-state index is 0.0655. The molecule has 0 aliphatic heterocycles. The summed E-state index contributed by atoms with van der Waals surface area (Å²) < 4.78 is 16.7. The van der Waals surface area contributed by atoms with Gasteiger partial charge in [0.2, 0.25) is 0 Å². The van der Waals surface area contributed by atoms with E-state index >= 15 is 0 Å². The van der Waals surface area contributed by atoms with Gasteiger partial charge in [-0.3, -0.25) is 14.4 Å². The molecule has 0 spiro atoms. The first-order valence-corrected chi connectivity index (χ1v) is 22.8. The smallest absolute Gasteiger partial charge is 0.306 e. The van der Waals surface area contributed by atoms with Gasteiger partial charge in [-0.1, -0.05) is 208 Å². The Morgan fingerprint density at radius 1 is 0.404 bits per heavy atom. The number of carbonyl (C=O) groups is 3. The highest BCUT2D eigenvalue weighted by Gasteiger charge is 2.19. The van der Waals surface area contributed by atoms with E-state index in [1.165, 1.54) is 135 Å². The minimum atomic E-state index is -0.760. The van der Waals surface area contributed by atoms with Gasteiger partial charge in [0.05, 0.1) is 0 Å². The van der Waals surface area contributed by atoms with Crippen LogP contribution in [0, 0.1) is 11.8 Å². The van der Waals surface area contributed by atoms with Crippen molar-refractivity contribution in [3.63, 3.8) is 0 Å². The molecule has 0 radical (unpaired) electrons. The summed E-state index contributed by atoms with van der Waals surface area (Å²) in [4.78, 5) is 37.7. The molecule has 0 saturated carbocycles. The van der Waals surface area contributed by atoms with Crippen molar-refractivity contribution in [2.75, 3.05) is 13.2 Å². The molecule has 0 aliphatic carbocycles. The maximum absolute atomic E-state index is 12.7. The van der Waals surface area contributed by atoms with Crippen LogP contribution in [0.15, 0.2) is 0 Å². The summed E-state index contributed by atoms with van der Waals surface area (Å²) in [5.41, 5.74) is 0. The highest BCUT2D eigenvalue weighted by Crippen LogP contribution is 2.17. The molecule has 6 nitrogen and oxygen atoms in total. The average molecular weight is 737 g/mol. The van der Waals surface area contributed by atoms with E-state index in [0.717, 1.165) is 69.6 Å². The quantitative estimate of drug-likeness (QED) is 0.0354. The maximum Gasteiger partial charge on any atom is 0.306 e. The number of hydrogen-bond donors (Lipinski definition) is 0. The molecule has 0 amide bonds. The van der Waals surface area contributed by atoms with Gasteiger partial charge in [0, 0.05) is 19.3 Å². The van der Waals surface area contributed by atoms with Gasteiger partial charge in [-0.25, -0.2) is 0 Å². The molecule has 1 unspecified atom stereocenters.